The molecule has 5 heteroatoms. The number of hydrogen-bond donors (Lipinski definition) is 2. The molecule has 0 aliphatic heterocycles. The summed E-state index contributed by atoms with van der Waals surface area (Å²) >= 11 is 0. The monoisotopic (exact) mass is 215 g/mol. The fraction of sp³-hybridized carbons (Fsp3) is 0.300. The second kappa shape index (κ2) is 5.98. The summed E-state index contributed by atoms with van der Waals surface area (Å²) in [6.45, 7) is 1.62. The molecule has 0 radical (unpaired) electrons. The molecule has 0 heterocycles. The molecule has 1 rings (SSSR count). The van der Waals surface area contributed by atoms with Gasteiger partial charge in [-0.2, -0.15) is 0 Å². The Morgan fingerprint density at radius 2 is 2.00 bits per heavy atom. The third-order valence-electron chi connectivity index (χ3n) is 1.75. The van der Waals surface area contributed by atoms with Crippen molar-refractivity contribution in [1.82, 2.24) is 0 Å². The largest absolute Gasteiger partial charge is 0.465 e. The Labute approximate surface area is 87.5 Å². The molecule has 0 unspecified atom stereocenters. The maximum absolute atomic E-state index is 12.8. The molecule has 0 saturated carbocycles. The number of methoxy groups -OCH3 is 1. The molecule has 0 aliphatic rings. The van der Waals surface area contributed by atoms with Gasteiger partial charge >= 0.3 is 5.97 Å². The summed E-state index contributed by atoms with van der Waals surface area (Å²) < 4.78 is 17.3. The number of halogens is 1. The predicted octanol–water partition coefficient (Wildman–Crippen LogP) is 1.11. The number of rotatable bonds is 1. The predicted molar refractivity (Wildman–Crippen MR) is 55.0 cm³/mol. The number of aliphatic hydroxyl groups is 1. The maximum atomic E-state index is 12.8. The lowest BCUT2D eigenvalue weighted by molar-refractivity contribution is 0.0600. The summed E-state index contributed by atoms with van der Waals surface area (Å²) in [5, 5.41) is 7.00. The number of carbonyl (C=O) groups excluding carboxylic acids is 1. The highest BCUT2D eigenvalue weighted by Crippen LogP contribution is 2.17. The van der Waals surface area contributed by atoms with E-state index in [1.807, 2.05) is 0 Å². The van der Waals surface area contributed by atoms with Crippen molar-refractivity contribution in [2.24, 2.45) is 0 Å². The molecule has 0 fully saturated rings. The van der Waals surface area contributed by atoms with Crippen LogP contribution in [0.4, 0.5) is 10.1 Å². The van der Waals surface area contributed by atoms with E-state index >= 15 is 0 Å². The first-order valence-electron chi connectivity index (χ1n) is 4.15. The van der Waals surface area contributed by atoms with Crippen LogP contribution in [0.15, 0.2) is 12.1 Å². The minimum absolute atomic E-state index is 0.0500. The minimum atomic E-state index is -0.523. The Bertz CT molecular complexity index is 353. The number of hydrogen-bond acceptors (Lipinski definition) is 4. The van der Waals surface area contributed by atoms with Crippen LogP contribution in [0, 0.1) is 12.7 Å². The average molecular weight is 215 g/mol. The Kier molecular flexibility index (Phi) is 5.33. The van der Waals surface area contributed by atoms with E-state index in [-0.39, 0.29) is 5.69 Å². The Hall–Kier alpha value is -1.62. The summed E-state index contributed by atoms with van der Waals surface area (Å²) in [5.74, 6) is -1.03. The van der Waals surface area contributed by atoms with Gasteiger partial charge in [0.15, 0.2) is 0 Å². The standard InChI is InChI=1S/C9H10FNO2.CH4O/c1-5-3-7(10)8(11)4-6(5)9(12)13-2;1-2/h3-4H,11H2,1-2H3;2H,1H3. The number of carbonyl (C=O) groups is 1. The van der Waals surface area contributed by atoms with Gasteiger partial charge in [-0.05, 0) is 24.6 Å². The van der Waals surface area contributed by atoms with Gasteiger partial charge in [-0.3, -0.25) is 0 Å². The van der Waals surface area contributed by atoms with Gasteiger partial charge in [-0.1, -0.05) is 0 Å². The summed E-state index contributed by atoms with van der Waals surface area (Å²) in [5.41, 5.74) is 6.05. The molecule has 0 saturated heterocycles. The van der Waals surface area contributed by atoms with Crippen LogP contribution in [0.2, 0.25) is 0 Å². The van der Waals surface area contributed by atoms with Gasteiger partial charge in [0, 0.05) is 7.11 Å². The van der Waals surface area contributed by atoms with E-state index in [4.69, 9.17) is 10.8 Å². The van der Waals surface area contributed by atoms with Crippen LogP contribution in [0.3, 0.4) is 0 Å². The van der Waals surface area contributed by atoms with E-state index in [0.717, 1.165) is 7.11 Å². The molecular weight excluding hydrogens is 201 g/mol. The van der Waals surface area contributed by atoms with E-state index in [1.165, 1.54) is 19.2 Å². The first-order chi connectivity index (χ1) is 7.06. The Morgan fingerprint density at radius 3 is 2.47 bits per heavy atom. The van der Waals surface area contributed by atoms with Crippen molar-refractivity contribution in [2.45, 2.75) is 6.92 Å². The molecule has 84 valence electrons. The maximum Gasteiger partial charge on any atom is 0.338 e. The lowest BCUT2D eigenvalue weighted by Crippen LogP contribution is -2.05. The topological polar surface area (TPSA) is 72.5 Å². The van der Waals surface area contributed by atoms with Gasteiger partial charge in [0.25, 0.3) is 0 Å². The van der Waals surface area contributed by atoms with Gasteiger partial charge in [0.05, 0.1) is 18.4 Å². The number of esters is 1. The van der Waals surface area contributed by atoms with Crippen LogP contribution in [0.25, 0.3) is 0 Å². The lowest BCUT2D eigenvalue weighted by Gasteiger charge is -2.05. The molecule has 0 amide bonds. The normalized spacial score (nSPS) is 8.87. The molecule has 15 heavy (non-hydrogen) atoms. The van der Waals surface area contributed by atoms with E-state index in [0.29, 0.717) is 11.1 Å². The number of nitrogens with two attached hydrogens (primary N) is 1. The van der Waals surface area contributed by atoms with Crippen LogP contribution in [0.5, 0.6) is 0 Å². The van der Waals surface area contributed by atoms with Gasteiger partial charge in [0.2, 0.25) is 0 Å². The van der Waals surface area contributed by atoms with Crippen molar-refractivity contribution in [1.29, 1.82) is 0 Å². The van der Waals surface area contributed by atoms with Crippen molar-refractivity contribution >= 4 is 11.7 Å². The van der Waals surface area contributed by atoms with Gasteiger partial charge in [-0.25, -0.2) is 9.18 Å². The smallest absolute Gasteiger partial charge is 0.338 e. The minimum Gasteiger partial charge on any atom is -0.465 e. The zero-order chi connectivity index (χ0) is 12.0. The van der Waals surface area contributed by atoms with Crippen molar-refractivity contribution < 1.29 is 19.0 Å². The summed E-state index contributed by atoms with van der Waals surface area (Å²) in [6.07, 6.45) is 0. The van der Waals surface area contributed by atoms with Gasteiger partial charge in [-0.15, -0.1) is 0 Å². The highest BCUT2D eigenvalue weighted by atomic mass is 19.1. The molecule has 3 N–H and O–H groups in total. The van der Waals surface area contributed by atoms with Crippen molar-refractivity contribution in [3.8, 4) is 0 Å². The van der Waals surface area contributed by atoms with Crippen molar-refractivity contribution in [3.63, 3.8) is 0 Å². The first-order valence-corrected chi connectivity index (χ1v) is 4.15. The lowest BCUT2D eigenvalue weighted by atomic mass is 10.1. The second-order valence-electron chi connectivity index (χ2n) is 2.68. The number of nitrogen functional groups attached to an aromatic ring is 1. The van der Waals surface area contributed by atoms with Crippen molar-refractivity contribution in [3.05, 3.63) is 29.1 Å². The van der Waals surface area contributed by atoms with E-state index in [1.54, 1.807) is 6.92 Å². The zero-order valence-corrected chi connectivity index (χ0v) is 8.87. The number of benzene rings is 1. The number of aliphatic hydroxyl groups excluding tert-OH is 1. The molecule has 0 atom stereocenters. The van der Waals surface area contributed by atoms with Crippen LogP contribution < -0.4 is 5.73 Å². The fourth-order valence-electron chi connectivity index (χ4n) is 1.02. The average Bonchev–Trinajstić information content (AvgIpc) is 2.25. The molecule has 4 nitrogen and oxygen atoms in total. The zero-order valence-electron chi connectivity index (χ0n) is 8.87. The summed E-state index contributed by atoms with van der Waals surface area (Å²) in [7, 11) is 2.27. The van der Waals surface area contributed by atoms with Crippen LogP contribution in [-0.2, 0) is 4.74 Å². The van der Waals surface area contributed by atoms with Crippen LogP contribution in [-0.4, -0.2) is 25.3 Å². The molecule has 1 aromatic carbocycles. The third kappa shape index (κ3) is 3.21. The fourth-order valence-corrected chi connectivity index (χ4v) is 1.02. The van der Waals surface area contributed by atoms with E-state index in [9.17, 15) is 9.18 Å². The molecule has 0 bridgehead atoms. The second-order valence-corrected chi connectivity index (χ2v) is 2.68. The van der Waals surface area contributed by atoms with Crippen molar-refractivity contribution in [2.75, 3.05) is 20.0 Å². The quantitative estimate of drug-likeness (QED) is 0.543. The molecule has 0 spiro atoms. The van der Waals surface area contributed by atoms with Gasteiger partial charge < -0.3 is 15.6 Å². The molecule has 1 aromatic rings. The number of ether oxygens (including phenoxy) is 1. The first kappa shape index (κ1) is 13.4. The molecule has 0 aliphatic carbocycles. The van der Waals surface area contributed by atoms with Gasteiger partial charge in [0.1, 0.15) is 5.82 Å². The molecular formula is C10H14FNO3. The summed E-state index contributed by atoms with van der Waals surface area (Å²) in [4.78, 5) is 11.1. The summed E-state index contributed by atoms with van der Waals surface area (Å²) in [6, 6.07) is 2.48. The third-order valence-corrected chi connectivity index (χ3v) is 1.75. The highest BCUT2D eigenvalue weighted by Gasteiger charge is 2.11. The Morgan fingerprint density at radius 1 is 1.47 bits per heavy atom. The number of aryl methyl sites for hydroxylation is 1. The van der Waals surface area contributed by atoms with Crippen LogP contribution in [0.1, 0.15) is 15.9 Å². The SMILES string of the molecule is CO.COC(=O)c1cc(N)c(F)cc1C. The van der Waals surface area contributed by atoms with Crippen LogP contribution >= 0.6 is 0 Å². The van der Waals surface area contributed by atoms with E-state index < -0.39 is 11.8 Å². The molecule has 0 aromatic heterocycles. The Balaban J connectivity index is 0.000000921. The number of anilines is 1. The highest BCUT2D eigenvalue weighted by molar-refractivity contribution is 5.92. The van der Waals surface area contributed by atoms with E-state index in [2.05, 4.69) is 4.74 Å².